The summed E-state index contributed by atoms with van der Waals surface area (Å²) in [5, 5.41) is 9.40. The normalized spacial score (nSPS) is 8.96. The monoisotopic (exact) mass is 360 g/mol. The Morgan fingerprint density at radius 3 is 2.23 bits per heavy atom. The second-order valence-electron chi connectivity index (χ2n) is 4.82. The Kier molecular flexibility index (Phi) is 12.0. The van der Waals surface area contributed by atoms with E-state index in [2.05, 4.69) is 16.1 Å². The van der Waals surface area contributed by atoms with Crippen LogP contribution in [0.15, 0.2) is 55.1 Å². The number of phenolic OH excluding ortho intramolecular Hbond substituents is 1. The molecule has 2 aromatic carbocycles. The van der Waals surface area contributed by atoms with Crippen molar-refractivity contribution in [3.63, 3.8) is 0 Å². The predicted molar refractivity (Wildman–Crippen MR) is 104 cm³/mol. The Hall–Kier alpha value is -2.79. The first-order chi connectivity index (χ1) is 12.5. The quantitative estimate of drug-likeness (QED) is 0.630. The van der Waals surface area contributed by atoms with Gasteiger partial charge in [0.1, 0.15) is 18.1 Å². The number of methoxy groups -OCH3 is 2. The molecule has 0 aromatic heterocycles. The van der Waals surface area contributed by atoms with Crippen molar-refractivity contribution < 1.29 is 24.1 Å². The molecular weight excluding hydrogens is 332 g/mol. The summed E-state index contributed by atoms with van der Waals surface area (Å²) >= 11 is 0. The number of ether oxygens (including phenoxy) is 3. The summed E-state index contributed by atoms with van der Waals surface area (Å²) in [6.07, 6.45) is 0. The van der Waals surface area contributed by atoms with Gasteiger partial charge in [0, 0.05) is 20.3 Å². The van der Waals surface area contributed by atoms with Crippen molar-refractivity contribution in [2.75, 3.05) is 21.3 Å². The van der Waals surface area contributed by atoms with Crippen LogP contribution in [-0.2, 0) is 20.9 Å². The second kappa shape index (κ2) is 13.5. The lowest BCUT2D eigenvalue weighted by Crippen LogP contribution is -2.06. The third-order valence-corrected chi connectivity index (χ3v) is 2.99. The van der Waals surface area contributed by atoms with Gasteiger partial charge in [-0.1, -0.05) is 50.8 Å². The van der Waals surface area contributed by atoms with Crippen LogP contribution in [0.4, 0.5) is 0 Å². The van der Waals surface area contributed by atoms with Gasteiger partial charge in [0.15, 0.2) is 0 Å². The Labute approximate surface area is 155 Å². The first-order valence-corrected chi connectivity index (χ1v) is 8.21. The largest absolute Gasteiger partial charge is 0.508 e. The van der Waals surface area contributed by atoms with Crippen LogP contribution in [0, 0.1) is 0 Å². The fourth-order valence-corrected chi connectivity index (χ4v) is 1.91. The molecule has 0 atom stereocenters. The molecule has 0 radical (unpaired) electrons. The van der Waals surface area contributed by atoms with Crippen LogP contribution in [0.25, 0.3) is 5.57 Å². The van der Waals surface area contributed by atoms with Crippen LogP contribution in [0.2, 0.25) is 0 Å². The number of carbonyl (C=O) groups is 1. The van der Waals surface area contributed by atoms with Gasteiger partial charge in [-0.25, -0.2) is 4.79 Å². The summed E-state index contributed by atoms with van der Waals surface area (Å²) in [6.45, 7) is 8.01. The zero-order chi connectivity index (χ0) is 19.9. The van der Waals surface area contributed by atoms with Crippen LogP contribution in [-0.4, -0.2) is 32.4 Å². The fraction of sp³-hybridized carbons (Fsp3) is 0.286. The van der Waals surface area contributed by atoms with E-state index in [1.54, 1.807) is 38.5 Å². The highest BCUT2D eigenvalue weighted by atomic mass is 16.5. The minimum atomic E-state index is -0.472. The zero-order valence-corrected chi connectivity index (χ0v) is 16.1. The molecule has 0 fully saturated rings. The molecule has 0 aliphatic rings. The van der Waals surface area contributed by atoms with Crippen molar-refractivity contribution in [3.8, 4) is 11.5 Å². The van der Waals surface area contributed by atoms with Gasteiger partial charge in [0.25, 0.3) is 0 Å². The summed E-state index contributed by atoms with van der Waals surface area (Å²) in [4.78, 5) is 11.6. The highest BCUT2D eigenvalue weighted by Gasteiger charge is 2.13. The predicted octanol–water partition coefficient (Wildman–Crippen LogP) is 4.45. The lowest BCUT2D eigenvalue weighted by atomic mass is 10.0. The van der Waals surface area contributed by atoms with Gasteiger partial charge >= 0.3 is 5.97 Å². The van der Waals surface area contributed by atoms with Crippen LogP contribution in [0.3, 0.4) is 0 Å². The van der Waals surface area contributed by atoms with E-state index in [1.165, 1.54) is 13.2 Å². The summed E-state index contributed by atoms with van der Waals surface area (Å²) in [5.41, 5.74) is 1.79. The maximum Gasteiger partial charge on any atom is 0.337 e. The van der Waals surface area contributed by atoms with E-state index < -0.39 is 5.97 Å². The minimum absolute atomic E-state index is 0.139. The molecule has 0 heterocycles. The Morgan fingerprint density at radius 2 is 1.65 bits per heavy atom. The van der Waals surface area contributed by atoms with E-state index in [9.17, 15) is 9.90 Å². The molecule has 2 aromatic rings. The Morgan fingerprint density at radius 1 is 1.04 bits per heavy atom. The van der Waals surface area contributed by atoms with E-state index >= 15 is 0 Å². The van der Waals surface area contributed by atoms with Crippen LogP contribution in [0.5, 0.6) is 11.5 Å². The Balaban J connectivity index is 0.00000113. The van der Waals surface area contributed by atoms with E-state index in [1.807, 2.05) is 32.0 Å². The third-order valence-electron chi connectivity index (χ3n) is 2.99. The molecule has 0 unspecified atom stereocenters. The number of benzene rings is 2. The number of esters is 1. The molecule has 2 rings (SSSR count). The molecule has 0 saturated heterocycles. The number of rotatable bonds is 5. The molecule has 142 valence electrons. The molecule has 0 spiro atoms. The zero-order valence-electron chi connectivity index (χ0n) is 16.1. The van der Waals surface area contributed by atoms with Crippen LogP contribution in [0.1, 0.15) is 25.0 Å². The van der Waals surface area contributed by atoms with Crippen molar-refractivity contribution in [2.45, 2.75) is 20.5 Å². The second-order valence-corrected chi connectivity index (χ2v) is 4.82. The maximum atomic E-state index is 11.6. The standard InChI is InChI=1S/C17H16O4.C2H6O.C2H6/c1-12(17(19)20-2)16-9-4-3-6-13(16)11-21-15-8-5-7-14(18)10-15;1-3-2;1-2/h3-10,18H,1,11H2,2H3;1-2H3;1-2H3. The van der Waals surface area contributed by atoms with Crippen molar-refractivity contribution in [1.29, 1.82) is 0 Å². The SMILES string of the molecule is C=C(C(=O)OC)c1ccccc1COc1cccc(O)c1.CC.COC. The smallest absolute Gasteiger partial charge is 0.337 e. The van der Waals surface area contributed by atoms with Crippen molar-refractivity contribution in [2.24, 2.45) is 0 Å². The van der Waals surface area contributed by atoms with E-state index in [4.69, 9.17) is 4.74 Å². The van der Waals surface area contributed by atoms with Gasteiger partial charge in [-0.3, -0.25) is 0 Å². The van der Waals surface area contributed by atoms with Gasteiger partial charge in [-0.05, 0) is 23.3 Å². The number of phenols is 1. The molecular formula is C21H28O5. The van der Waals surface area contributed by atoms with Crippen LogP contribution < -0.4 is 4.74 Å². The minimum Gasteiger partial charge on any atom is -0.508 e. The molecule has 5 nitrogen and oxygen atoms in total. The van der Waals surface area contributed by atoms with Crippen molar-refractivity contribution in [1.82, 2.24) is 0 Å². The van der Waals surface area contributed by atoms with Crippen molar-refractivity contribution >= 4 is 11.5 Å². The molecule has 0 aliphatic carbocycles. The van der Waals surface area contributed by atoms with E-state index in [-0.39, 0.29) is 17.9 Å². The van der Waals surface area contributed by atoms with Crippen LogP contribution >= 0.6 is 0 Å². The van der Waals surface area contributed by atoms with E-state index in [0.717, 1.165) is 5.56 Å². The molecule has 5 heteroatoms. The number of hydrogen-bond donors (Lipinski definition) is 1. The molecule has 0 bridgehead atoms. The lowest BCUT2D eigenvalue weighted by molar-refractivity contribution is -0.133. The fourth-order valence-electron chi connectivity index (χ4n) is 1.91. The van der Waals surface area contributed by atoms with Gasteiger partial charge < -0.3 is 19.3 Å². The number of carbonyl (C=O) groups excluding carboxylic acids is 1. The van der Waals surface area contributed by atoms with Gasteiger partial charge in [-0.2, -0.15) is 0 Å². The van der Waals surface area contributed by atoms with Crippen molar-refractivity contribution in [3.05, 3.63) is 66.2 Å². The maximum absolute atomic E-state index is 11.6. The lowest BCUT2D eigenvalue weighted by Gasteiger charge is -2.12. The molecule has 1 N–H and O–H groups in total. The van der Waals surface area contributed by atoms with E-state index in [0.29, 0.717) is 11.3 Å². The first-order valence-electron chi connectivity index (χ1n) is 8.21. The first kappa shape index (κ1) is 23.2. The summed E-state index contributed by atoms with van der Waals surface area (Å²) in [5.74, 6) is 0.216. The molecule has 0 saturated carbocycles. The average Bonchev–Trinajstić information content (AvgIpc) is 2.67. The average molecular weight is 360 g/mol. The Bertz CT molecular complexity index is 680. The summed E-state index contributed by atoms with van der Waals surface area (Å²) in [6, 6.07) is 13.9. The van der Waals surface area contributed by atoms with Gasteiger partial charge in [0.05, 0.1) is 12.7 Å². The molecule has 26 heavy (non-hydrogen) atoms. The summed E-state index contributed by atoms with van der Waals surface area (Å²) in [7, 11) is 4.57. The third kappa shape index (κ3) is 7.85. The number of aromatic hydroxyl groups is 1. The topological polar surface area (TPSA) is 65.0 Å². The number of hydrogen-bond acceptors (Lipinski definition) is 5. The molecule has 0 aliphatic heterocycles. The highest BCUT2D eigenvalue weighted by molar-refractivity contribution is 6.15. The molecule has 0 amide bonds. The summed E-state index contributed by atoms with van der Waals surface area (Å²) < 4.78 is 14.6. The van der Waals surface area contributed by atoms with Gasteiger partial charge in [-0.15, -0.1) is 0 Å². The van der Waals surface area contributed by atoms with Gasteiger partial charge in [0.2, 0.25) is 0 Å². The highest BCUT2D eigenvalue weighted by Crippen LogP contribution is 2.22.